The van der Waals surface area contributed by atoms with Crippen LogP contribution in [0.5, 0.6) is 5.75 Å². The minimum absolute atomic E-state index is 0.169. The Morgan fingerprint density at radius 2 is 1.67 bits per heavy atom. The van der Waals surface area contributed by atoms with E-state index in [1.165, 1.54) is 0 Å². The summed E-state index contributed by atoms with van der Waals surface area (Å²) in [5.41, 5.74) is 9.92. The molecule has 2 N–H and O–H groups in total. The lowest BCUT2D eigenvalue weighted by molar-refractivity contribution is -0.0505. The summed E-state index contributed by atoms with van der Waals surface area (Å²) in [7, 11) is 0. The zero-order valence-electron chi connectivity index (χ0n) is 18.5. The van der Waals surface area contributed by atoms with E-state index in [4.69, 9.17) is 24.7 Å². The normalized spacial score (nSPS) is 14.7. The van der Waals surface area contributed by atoms with Gasteiger partial charge in [-0.25, -0.2) is 4.79 Å². The Morgan fingerprint density at radius 1 is 0.939 bits per heavy atom. The molecular formula is C27H29NO5. The summed E-state index contributed by atoms with van der Waals surface area (Å²) in [4.78, 5) is 12.2. The van der Waals surface area contributed by atoms with Crippen LogP contribution in [0.3, 0.4) is 0 Å². The molecule has 6 heteroatoms. The van der Waals surface area contributed by atoms with Crippen LogP contribution in [0, 0.1) is 0 Å². The summed E-state index contributed by atoms with van der Waals surface area (Å²) in [6.45, 7) is 2.00. The van der Waals surface area contributed by atoms with Gasteiger partial charge < -0.3 is 24.7 Å². The number of carbonyl (C=O) groups is 1. The number of nitrogens with two attached hydrogens (primary N) is 1. The molecule has 0 aromatic heterocycles. The van der Waals surface area contributed by atoms with Crippen molar-refractivity contribution in [2.24, 2.45) is 5.73 Å². The molecule has 4 rings (SSSR count). The second kappa shape index (κ2) is 11.6. The number of ether oxygens (including phenoxy) is 4. The molecule has 0 bridgehead atoms. The standard InChI is InChI=1S/C27H29NO5/c28-26(21-6-2-1-3-7-21)23-8-4-9-24(18-23)33-19-20-11-13-22(14-12-20)27(29)32-15-5-10-25-30-16-17-31-25/h1-4,6-9,11-14,18,25-26H,5,10,15-17,19,28H2. The molecule has 1 fully saturated rings. The van der Waals surface area contributed by atoms with Crippen LogP contribution < -0.4 is 10.5 Å². The molecule has 6 nitrogen and oxygen atoms in total. The fourth-order valence-corrected chi connectivity index (χ4v) is 3.63. The van der Waals surface area contributed by atoms with E-state index in [0.717, 1.165) is 28.9 Å². The molecule has 1 saturated heterocycles. The summed E-state index contributed by atoms with van der Waals surface area (Å²) in [5.74, 6) is 0.413. The van der Waals surface area contributed by atoms with Crippen LogP contribution in [0.15, 0.2) is 78.9 Å². The minimum Gasteiger partial charge on any atom is -0.489 e. The first-order valence-corrected chi connectivity index (χ1v) is 11.2. The van der Waals surface area contributed by atoms with E-state index in [1.807, 2.05) is 66.7 Å². The van der Waals surface area contributed by atoms with Crippen molar-refractivity contribution in [3.05, 3.63) is 101 Å². The molecule has 0 spiro atoms. The van der Waals surface area contributed by atoms with Crippen LogP contribution in [-0.4, -0.2) is 32.1 Å². The van der Waals surface area contributed by atoms with Crippen molar-refractivity contribution < 1.29 is 23.7 Å². The Bertz CT molecular complexity index is 1020. The van der Waals surface area contributed by atoms with Crippen molar-refractivity contribution >= 4 is 5.97 Å². The van der Waals surface area contributed by atoms with E-state index < -0.39 is 0 Å². The van der Waals surface area contributed by atoms with Crippen molar-refractivity contribution in [3.63, 3.8) is 0 Å². The second-order valence-corrected chi connectivity index (χ2v) is 7.90. The molecule has 1 aliphatic heterocycles. The summed E-state index contributed by atoms with van der Waals surface area (Å²) in [6, 6.07) is 24.8. The molecule has 0 amide bonds. The van der Waals surface area contributed by atoms with Gasteiger partial charge in [0.2, 0.25) is 0 Å². The highest BCUT2D eigenvalue weighted by molar-refractivity contribution is 5.89. The predicted molar refractivity (Wildman–Crippen MR) is 125 cm³/mol. The third-order valence-electron chi connectivity index (χ3n) is 5.48. The van der Waals surface area contributed by atoms with E-state index in [9.17, 15) is 4.79 Å². The van der Waals surface area contributed by atoms with E-state index in [1.54, 1.807) is 12.1 Å². The number of carbonyl (C=O) groups excluding carboxylic acids is 1. The first-order valence-electron chi connectivity index (χ1n) is 11.2. The number of esters is 1. The van der Waals surface area contributed by atoms with E-state index in [0.29, 0.717) is 38.4 Å². The maximum atomic E-state index is 12.2. The second-order valence-electron chi connectivity index (χ2n) is 7.90. The van der Waals surface area contributed by atoms with E-state index in [2.05, 4.69) is 0 Å². The molecule has 0 aliphatic carbocycles. The van der Waals surface area contributed by atoms with Crippen LogP contribution >= 0.6 is 0 Å². The lowest BCUT2D eigenvalue weighted by Crippen LogP contribution is -2.11. The molecule has 172 valence electrons. The maximum Gasteiger partial charge on any atom is 0.338 e. The van der Waals surface area contributed by atoms with Crippen molar-refractivity contribution in [1.29, 1.82) is 0 Å². The number of hydrogen-bond donors (Lipinski definition) is 1. The van der Waals surface area contributed by atoms with E-state index in [-0.39, 0.29) is 18.3 Å². The first-order chi connectivity index (χ1) is 16.2. The lowest BCUT2D eigenvalue weighted by atomic mass is 10.00. The fourth-order valence-electron chi connectivity index (χ4n) is 3.63. The Morgan fingerprint density at radius 3 is 2.42 bits per heavy atom. The SMILES string of the molecule is NC(c1ccccc1)c1cccc(OCc2ccc(C(=O)OCCCC3OCCO3)cc2)c1. The van der Waals surface area contributed by atoms with Gasteiger partial charge in [0.25, 0.3) is 0 Å². The van der Waals surface area contributed by atoms with Crippen molar-refractivity contribution in [2.45, 2.75) is 31.8 Å². The molecule has 3 aromatic rings. The summed E-state index contributed by atoms with van der Waals surface area (Å²) >= 11 is 0. The number of hydrogen-bond acceptors (Lipinski definition) is 6. The van der Waals surface area contributed by atoms with E-state index >= 15 is 0 Å². The van der Waals surface area contributed by atoms with Crippen LogP contribution in [0.4, 0.5) is 0 Å². The van der Waals surface area contributed by atoms with Crippen LogP contribution in [-0.2, 0) is 20.8 Å². The van der Waals surface area contributed by atoms with Gasteiger partial charge in [0.1, 0.15) is 12.4 Å². The Labute approximate surface area is 194 Å². The van der Waals surface area contributed by atoms with Crippen molar-refractivity contribution in [1.82, 2.24) is 0 Å². The fraction of sp³-hybridized carbons (Fsp3) is 0.296. The van der Waals surface area contributed by atoms with Gasteiger partial charge in [0.15, 0.2) is 6.29 Å². The zero-order chi connectivity index (χ0) is 22.9. The highest BCUT2D eigenvalue weighted by Crippen LogP contribution is 2.24. The topological polar surface area (TPSA) is 80.0 Å². The average Bonchev–Trinajstić information content (AvgIpc) is 3.39. The smallest absolute Gasteiger partial charge is 0.338 e. The van der Waals surface area contributed by atoms with Gasteiger partial charge in [-0.3, -0.25) is 0 Å². The van der Waals surface area contributed by atoms with Gasteiger partial charge in [0, 0.05) is 6.42 Å². The summed E-state index contributed by atoms with van der Waals surface area (Å²) < 4.78 is 22.0. The molecule has 33 heavy (non-hydrogen) atoms. The highest BCUT2D eigenvalue weighted by Gasteiger charge is 2.15. The predicted octanol–water partition coefficient (Wildman–Crippen LogP) is 4.62. The largest absolute Gasteiger partial charge is 0.489 e. The molecule has 0 saturated carbocycles. The van der Waals surface area contributed by atoms with Gasteiger partial charge in [-0.15, -0.1) is 0 Å². The average molecular weight is 448 g/mol. The monoisotopic (exact) mass is 447 g/mol. The number of benzene rings is 3. The third kappa shape index (κ3) is 6.65. The Kier molecular flexibility index (Phi) is 8.09. The van der Waals surface area contributed by atoms with Crippen molar-refractivity contribution in [3.8, 4) is 5.75 Å². The van der Waals surface area contributed by atoms with Crippen LogP contribution in [0.2, 0.25) is 0 Å². The van der Waals surface area contributed by atoms with Gasteiger partial charge in [-0.1, -0.05) is 54.6 Å². The third-order valence-corrected chi connectivity index (χ3v) is 5.48. The van der Waals surface area contributed by atoms with Gasteiger partial charge >= 0.3 is 5.97 Å². The van der Waals surface area contributed by atoms with Crippen LogP contribution in [0.1, 0.15) is 45.9 Å². The Hall–Kier alpha value is -3.19. The van der Waals surface area contributed by atoms with Gasteiger partial charge in [-0.2, -0.15) is 0 Å². The lowest BCUT2D eigenvalue weighted by Gasteiger charge is -2.14. The molecule has 1 atom stereocenters. The highest BCUT2D eigenvalue weighted by atomic mass is 16.7. The maximum absolute atomic E-state index is 12.2. The van der Waals surface area contributed by atoms with Gasteiger partial charge in [-0.05, 0) is 47.4 Å². The summed E-state index contributed by atoms with van der Waals surface area (Å²) in [6.07, 6.45) is 1.26. The van der Waals surface area contributed by atoms with Gasteiger partial charge in [0.05, 0.1) is 31.4 Å². The minimum atomic E-state index is -0.335. The Balaban J connectivity index is 1.25. The van der Waals surface area contributed by atoms with Crippen molar-refractivity contribution in [2.75, 3.05) is 19.8 Å². The molecule has 1 heterocycles. The molecule has 1 aliphatic rings. The van der Waals surface area contributed by atoms with Crippen LogP contribution in [0.25, 0.3) is 0 Å². The first kappa shape index (κ1) is 23.0. The number of rotatable bonds is 10. The molecule has 0 radical (unpaired) electrons. The summed E-state index contributed by atoms with van der Waals surface area (Å²) in [5, 5.41) is 0. The molecular weight excluding hydrogens is 418 g/mol. The molecule has 1 unspecified atom stereocenters. The quantitative estimate of drug-likeness (QED) is 0.361. The molecule has 3 aromatic carbocycles. The zero-order valence-corrected chi connectivity index (χ0v) is 18.5.